The molecular formula is C17H25NO2. The van der Waals surface area contributed by atoms with Gasteiger partial charge in [0.25, 0.3) is 0 Å². The van der Waals surface area contributed by atoms with Gasteiger partial charge in [-0.15, -0.1) is 0 Å². The summed E-state index contributed by atoms with van der Waals surface area (Å²) in [5, 5.41) is 3.63. The fraction of sp³-hybridized carbons (Fsp3) is 0.647. The molecule has 2 aliphatic carbocycles. The first kappa shape index (κ1) is 13.7. The highest BCUT2D eigenvalue weighted by Gasteiger charge is 2.53. The van der Waals surface area contributed by atoms with E-state index >= 15 is 0 Å². The van der Waals surface area contributed by atoms with Crippen molar-refractivity contribution in [1.82, 2.24) is 5.32 Å². The van der Waals surface area contributed by atoms with Gasteiger partial charge in [-0.05, 0) is 61.6 Å². The van der Waals surface area contributed by atoms with E-state index < -0.39 is 0 Å². The maximum absolute atomic E-state index is 5.55. The van der Waals surface area contributed by atoms with Crippen LogP contribution in [0.5, 0.6) is 11.5 Å². The fourth-order valence-electron chi connectivity index (χ4n) is 3.14. The molecule has 0 aromatic heterocycles. The highest BCUT2D eigenvalue weighted by molar-refractivity contribution is 5.42. The molecule has 110 valence electrons. The van der Waals surface area contributed by atoms with Gasteiger partial charge in [-0.2, -0.15) is 0 Å². The lowest BCUT2D eigenvalue weighted by Gasteiger charge is -2.16. The molecular weight excluding hydrogens is 250 g/mol. The molecule has 0 amide bonds. The molecule has 0 bridgehead atoms. The monoisotopic (exact) mass is 275 g/mol. The maximum atomic E-state index is 5.55. The molecule has 0 unspecified atom stereocenters. The van der Waals surface area contributed by atoms with E-state index in [1.54, 1.807) is 7.11 Å². The number of nitrogens with one attached hydrogen (secondary N) is 1. The van der Waals surface area contributed by atoms with E-state index in [0.29, 0.717) is 12.0 Å². The van der Waals surface area contributed by atoms with Crippen LogP contribution in [0.25, 0.3) is 0 Å². The SMILES string of the molecule is CCOc1ccc(CNCC2(C3CC3)CC2)cc1OC. The van der Waals surface area contributed by atoms with Crippen molar-refractivity contribution in [3.8, 4) is 11.5 Å². The van der Waals surface area contributed by atoms with Gasteiger partial charge >= 0.3 is 0 Å². The van der Waals surface area contributed by atoms with Crippen LogP contribution in [0.1, 0.15) is 38.2 Å². The summed E-state index contributed by atoms with van der Waals surface area (Å²) in [4.78, 5) is 0. The van der Waals surface area contributed by atoms with E-state index in [1.807, 2.05) is 13.0 Å². The Morgan fingerprint density at radius 2 is 2.05 bits per heavy atom. The number of rotatable bonds is 8. The van der Waals surface area contributed by atoms with Gasteiger partial charge < -0.3 is 14.8 Å². The second-order valence-electron chi connectivity index (χ2n) is 6.16. The largest absolute Gasteiger partial charge is 0.493 e. The maximum Gasteiger partial charge on any atom is 0.161 e. The first-order chi connectivity index (χ1) is 9.77. The summed E-state index contributed by atoms with van der Waals surface area (Å²) < 4.78 is 10.9. The van der Waals surface area contributed by atoms with Gasteiger partial charge in [-0.3, -0.25) is 0 Å². The first-order valence-corrected chi connectivity index (χ1v) is 7.78. The summed E-state index contributed by atoms with van der Waals surface area (Å²) in [5.74, 6) is 2.68. The number of hydrogen-bond acceptors (Lipinski definition) is 3. The Bertz CT molecular complexity index is 464. The van der Waals surface area contributed by atoms with Crippen LogP contribution in [0.15, 0.2) is 18.2 Å². The van der Waals surface area contributed by atoms with Crippen molar-refractivity contribution in [3.05, 3.63) is 23.8 Å². The molecule has 0 aliphatic heterocycles. The Morgan fingerprint density at radius 3 is 2.65 bits per heavy atom. The van der Waals surface area contributed by atoms with Crippen LogP contribution >= 0.6 is 0 Å². The summed E-state index contributed by atoms with van der Waals surface area (Å²) in [5.41, 5.74) is 1.92. The predicted octanol–water partition coefficient (Wildman–Crippen LogP) is 3.37. The molecule has 0 heterocycles. The van der Waals surface area contributed by atoms with Gasteiger partial charge in [0, 0.05) is 13.1 Å². The van der Waals surface area contributed by atoms with Crippen LogP contribution in [-0.4, -0.2) is 20.3 Å². The van der Waals surface area contributed by atoms with E-state index in [-0.39, 0.29) is 0 Å². The van der Waals surface area contributed by atoms with Crippen molar-refractivity contribution >= 4 is 0 Å². The van der Waals surface area contributed by atoms with Crippen molar-refractivity contribution in [3.63, 3.8) is 0 Å². The Morgan fingerprint density at radius 1 is 1.25 bits per heavy atom. The number of ether oxygens (including phenoxy) is 2. The van der Waals surface area contributed by atoms with Gasteiger partial charge in [0.2, 0.25) is 0 Å². The quantitative estimate of drug-likeness (QED) is 0.789. The normalized spacial score (nSPS) is 19.7. The third-order valence-electron chi connectivity index (χ3n) is 4.67. The lowest BCUT2D eigenvalue weighted by Crippen LogP contribution is -2.25. The lowest BCUT2D eigenvalue weighted by atomic mass is 10.0. The van der Waals surface area contributed by atoms with E-state index in [0.717, 1.165) is 24.0 Å². The zero-order valence-electron chi connectivity index (χ0n) is 12.6. The molecule has 3 rings (SSSR count). The van der Waals surface area contributed by atoms with E-state index in [1.165, 1.54) is 37.8 Å². The Kier molecular flexibility index (Phi) is 3.88. The van der Waals surface area contributed by atoms with Crippen molar-refractivity contribution in [2.24, 2.45) is 11.3 Å². The van der Waals surface area contributed by atoms with E-state index in [4.69, 9.17) is 9.47 Å². The van der Waals surface area contributed by atoms with E-state index in [9.17, 15) is 0 Å². The Labute approximate surface area is 121 Å². The van der Waals surface area contributed by atoms with Gasteiger partial charge in [-0.1, -0.05) is 6.07 Å². The van der Waals surface area contributed by atoms with Crippen LogP contribution in [0.3, 0.4) is 0 Å². The molecule has 1 aromatic carbocycles. The molecule has 3 nitrogen and oxygen atoms in total. The second kappa shape index (κ2) is 5.65. The summed E-state index contributed by atoms with van der Waals surface area (Å²) in [6.45, 7) is 4.74. The van der Waals surface area contributed by atoms with Crippen LogP contribution in [0.4, 0.5) is 0 Å². The minimum Gasteiger partial charge on any atom is -0.493 e. The topological polar surface area (TPSA) is 30.5 Å². The van der Waals surface area contributed by atoms with Crippen molar-refractivity contribution in [1.29, 1.82) is 0 Å². The Balaban J connectivity index is 1.54. The molecule has 0 spiro atoms. The average molecular weight is 275 g/mol. The molecule has 0 atom stereocenters. The number of methoxy groups -OCH3 is 1. The molecule has 2 fully saturated rings. The minimum atomic E-state index is 0.662. The van der Waals surface area contributed by atoms with Crippen molar-refractivity contribution in [2.75, 3.05) is 20.3 Å². The second-order valence-corrected chi connectivity index (χ2v) is 6.16. The van der Waals surface area contributed by atoms with Crippen LogP contribution in [0.2, 0.25) is 0 Å². The average Bonchev–Trinajstić information content (AvgIpc) is 3.33. The van der Waals surface area contributed by atoms with Gasteiger partial charge in [0.1, 0.15) is 0 Å². The third-order valence-corrected chi connectivity index (χ3v) is 4.67. The number of benzene rings is 1. The third kappa shape index (κ3) is 2.93. The molecule has 0 saturated heterocycles. The lowest BCUT2D eigenvalue weighted by molar-refractivity contribution is 0.310. The van der Waals surface area contributed by atoms with Gasteiger partial charge in [0.15, 0.2) is 11.5 Å². The fourth-order valence-corrected chi connectivity index (χ4v) is 3.14. The summed E-state index contributed by atoms with van der Waals surface area (Å²) in [6, 6.07) is 6.21. The van der Waals surface area contributed by atoms with Crippen molar-refractivity contribution < 1.29 is 9.47 Å². The van der Waals surface area contributed by atoms with Crippen LogP contribution in [-0.2, 0) is 6.54 Å². The molecule has 0 radical (unpaired) electrons. The summed E-state index contributed by atoms with van der Waals surface area (Å²) in [7, 11) is 1.70. The van der Waals surface area contributed by atoms with Crippen LogP contribution < -0.4 is 14.8 Å². The van der Waals surface area contributed by atoms with Gasteiger partial charge in [-0.25, -0.2) is 0 Å². The molecule has 2 saturated carbocycles. The molecule has 3 heteroatoms. The zero-order valence-corrected chi connectivity index (χ0v) is 12.6. The highest BCUT2D eigenvalue weighted by Crippen LogP contribution is 2.60. The predicted molar refractivity (Wildman–Crippen MR) is 80.3 cm³/mol. The molecule has 1 N–H and O–H groups in total. The molecule has 1 aromatic rings. The van der Waals surface area contributed by atoms with E-state index in [2.05, 4.69) is 17.4 Å². The number of hydrogen-bond donors (Lipinski definition) is 1. The smallest absolute Gasteiger partial charge is 0.161 e. The standard InChI is InChI=1S/C17H25NO2/c1-3-20-15-7-4-13(10-16(15)19-2)11-18-12-17(8-9-17)14-5-6-14/h4,7,10,14,18H,3,5-6,8-9,11-12H2,1-2H3. The van der Waals surface area contributed by atoms with Crippen molar-refractivity contribution in [2.45, 2.75) is 39.2 Å². The zero-order chi connectivity index (χ0) is 14.0. The van der Waals surface area contributed by atoms with Crippen LogP contribution in [0, 0.1) is 11.3 Å². The summed E-state index contributed by atoms with van der Waals surface area (Å²) in [6.07, 6.45) is 5.77. The van der Waals surface area contributed by atoms with Gasteiger partial charge in [0.05, 0.1) is 13.7 Å². The molecule has 20 heavy (non-hydrogen) atoms. The minimum absolute atomic E-state index is 0.662. The summed E-state index contributed by atoms with van der Waals surface area (Å²) >= 11 is 0. The Hall–Kier alpha value is -1.22. The first-order valence-electron chi connectivity index (χ1n) is 7.78. The molecule has 2 aliphatic rings. The highest BCUT2D eigenvalue weighted by atomic mass is 16.5.